The molecule has 1 N–H and O–H groups in total. The van der Waals surface area contributed by atoms with E-state index in [-0.39, 0.29) is 12.0 Å². The molecule has 0 saturated heterocycles. The predicted molar refractivity (Wildman–Crippen MR) is 73.9 cm³/mol. The van der Waals surface area contributed by atoms with Gasteiger partial charge in [0.25, 0.3) is 0 Å². The molecule has 20 heavy (non-hydrogen) atoms. The lowest BCUT2D eigenvalue weighted by atomic mass is 9.94. The number of rotatable bonds is 4. The highest BCUT2D eigenvalue weighted by molar-refractivity contribution is 7.90. The third-order valence-electron chi connectivity index (χ3n) is 3.82. The van der Waals surface area contributed by atoms with Gasteiger partial charge in [0.15, 0.2) is 11.6 Å². The summed E-state index contributed by atoms with van der Waals surface area (Å²) in [5.41, 5.74) is 0.651. The monoisotopic (exact) mass is 303 g/mol. The van der Waals surface area contributed by atoms with E-state index in [0.29, 0.717) is 5.56 Å². The van der Waals surface area contributed by atoms with Gasteiger partial charge < -0.3 is 0 Å². The Bertz CT molecular complexity index is 587. The Morgan fingerprint density at radius 2 is 1.90 bits per heavy atom. The summed E-state index contributed by atoms with van der Waals surface area (Å²) >= 11 is 0. The van der Waals surface area contributed by atoms with Gasteiger partial charge in [0.05, 0.1) is 5.25 Å². The zero-order valence-corrected chi connectivity index (χ0v) is 12.4. The molecule has 1 aromatic carbocycles. The van der Waals surface area contributed by atoms with Crippen LogP contribution in [0.5, 0.6) is 0 Å². The fraction of sp³-hybridized carbons (Fsp3) is 0.571. The average Bonchev–Trinajstić information content (AvgIpc) is 2.80. The summed E-state index contributed by atoms with van der Waals surface area (Å²) in [6.07, 6.45) is 2.36. The van der Waals surface area contributed by atoms with Crippen molar-refractivity contribution in [2.24, 2.45) is 0 Å². The van der Waals surface area contributed by atoms with Gasteiger partial charge in [-0.25, -0.2) is 21.9 Å². The maximum atomic E-state index is 13.3. The van der Waals surface area contributed by atoms with Gasteiger partial charge in [-0.05, 0) is 44.4 Å². The van der Waals surface area contributed by atoms with Crippen LogP contribution in [-0.4, -0.2) is 19.7 Å². The molecule has 0 aliphatic heterocycles. The highest BCUT2D eigenvalue weighted by Crippen LogP contribution is 2.35. The van der Waals surface area contributed by atoms with E-state index in [1.165, 1.54) is 12.1 Å². The summed E-state index contributed by atoms with van der Waals surface area (Å²) in [5.74, 6) is -1.87. The molecule has 0 spiro atoms. The smallest absolute Gasteiger partial charge is 0.212 e. The molecule has 1 aromatic rings. The van der Waals surface area contributed by atoms with Gasteiger partial charge >= 0.3 is 0 Å². The Kier molecular flexibility index (Phi) is 4.44. The average molecular weight is 303 g/mol. The van der Waals surface area contributed by atoms with E-state index in [0.717, 1.165) is 25.3 Å². The summed E-state index contributed by atoms with van der Waals surface area (Å²) < 4.78 is 52.9. The summed E-state index contributed by atoms with van der Waals surface area (Å²) in [6, 6.07) is 3.55. The van der Waals surface area contributed by atoms with E-state index in [1.807, 2.05) is 0 Å². The van der Waals surface area contributed by atoms with E-state index < -0.39 is 26.9 Å². The molecule has 0 bridgehead atoms. The Labute approximate surface area is 118 Å². The van der Waals surface area contributed by atoms with Crippen molar-refractivity contribution in [3.63, 3.8) is 0 Å². The van der Waals surface area contributed by atoms with Gasteiger partial charge in [0.1, 0.15) is 0 Å². The van der Waals surface area contributed by atoms with Crippen molar-refractivity contribution < 1.29 is 17.2 Å². The first-order chi connectivity index (χ1) is 9.31. The molecule has 2 rings (SSSR count). The maximum absolute atomic E-state index is 13.3. The number of nitrogens with one attached hydrogen (secondary N) is 1. The van der Waals surface area contributed by atoms with E-state index in [9.17, 15) is 17.2 Å². The minimum atomic E-state index is -3.36. The van der Waals surface area contributed by atoms with Crippen LogP contribution in [0.4, 0.5) is 8.78 Å². The SMILES string of the molecule is CC(C)S(=O)(=O)N[C@@H]1CCC[C@@H]1c1ccc(F)c(F)c1. The lowest BCUT2D eigenvalue weighted by Crippen LogP contribution is -2.40. The third kappa shape index (κ3) is 3.17. The van der Waals surface area contributed by atoms with Crippen molar-refractivity contribution in [3.05, 3.63) is 35.4 Å². The number of benzene rings is 1. The van der Waals surface area contributed by atoms with Crippen molar-refractivity contribution >= 4 is 10.0 Å². The second-order valence-electron chi connectivity index (χ2n) is 5.53. The van der Waals surface area contributed by atoms with E-state index >= 15 is 0 Å². The van der Waals surface area contributed by atoms with Crippen LogP contribution >= 0.6 is 0 Å². The molecule has 0 heterocycles. The van der Waals surface area contributed by atoms with Gasteiger partial charge in [-0.2, -0.15) is 0 Å². The van der Waals surface area contributed by atoms with Crippen LogP contribution in [0.25, 0.3) is 0 Å². The van der Waals surface area contributed by atoms with Gasteiger partial charge in [0.2, 0.25) is 10.0 Å². The normalized spacial score (nSPS) is 23.4. The Morgan fingerprint density at radius 3 is 2.50 bits per heavy atom. The Hall–Kier alpha value is -1.01. The van der Waals surface area contributed by atoms with Crippen molar-refractivity contribution in [2.45, 2.75) is 50.3 Å². The fourth-order valence-corrected chi connectivity index (χ4v) is 3.57. The quantitative estimate of drug-likeness (QED) is 0.929. The zero-order chi connectivity index (χ0) is 14.9. The second kappa shape index (κ2) is 5.77. The second-order valence-corrected chi connectivity index (χ2v) is 7.80. The third-order valence-corrected chi connectivity index (χ3v) is 5.70. The lowest BCUT2D eigenvalue weighted by molar-refractivity contribution is 0.496. The summed E-state index contributed by atoms with van der Waals surface area (Å²) in [7, 11) is -3.36. The predicted octanol–water partition coefficient (Wildman–Crippen LogP) is 2.93. The number of sulfonamides is 1. The topological polar surface area (TPSA) is 46.2 Å². The van der Waals surface area contributed by atoms with Crippen LogP contribution in [0.3, 0.4) is 0 Å². The van der Waals surface area contributed by atoms with E-state index in [4.69, 9.17) is 0 Å². The first kappa shape index (κ1) is 15.4. The first-order valence-corrected chi connectivity index (χ1v) is 8.32. The number of halogens is 2. The van der Waals surface area contributed by atoms with Crippen LogP contribution in [0.15, 0.2) is 18.2 Å². The summed E-state index contributed by atoms with van der Waals surface area (Å²) in [4.78, 5) is 0. The van der Waals surface area contributed by atoms with Crippen LogP contribution in [0.1, 0.15) is 44.6 Å². The molecule has 0 aromatic heterocycles. The van der Waals surface area contributed by atoms with E-state index in [2.05, 4.69) is 4.72 Å². The molecular weight excluding hydrogens is 284 g/mol. The van der Waals surface area contributed by atoms with Crippen LogP contribution in [0.2, 0.25) is 0 Å². The largest absolute Gasteiger partial charge is 0.214 e. The minimum absolute atomic E-state index is 0.0985. The molecule has 1 fully saturated rings. The van der Waals surface area contributed by atoms with Gasteiger partial charge in [-0.15, -0.1) is 0 Å². The molecule has 3 nitrogen and oxygen atoms in total. The summed E-state index contributed by atoms with van der Waals surface area (Å²) in [6.45, 7) is 3.23. The Morgan fingerprint density at radius 1 is 1.20 bits per heavy atom. The van der Waals surface area contributed by atoms with Gasteiger partial charge in [-0.1, -0.05) is 12.5 Å². The molecule has 0 amide bonds. The van der Waals surface area contributed by atoms with Crippen molar-refractivity contribution in [2.75, 3.05) is 0 Å². The molecule has 2 atom stereocenters. The number of hydrogen-bond acceptors (Lipinski definition) is 2. The summed E-state index contributed by atoms with van der Waals surface area (Å²) in [5, 5.41) is -0.506. The lowest BCUT2D eigenvalue weighted by Gasteiger charge is -2.22. The maximum Gasteiger partial charge on any atom is 0.214 e. The molecule has 0 unspecified atom stereocenters. The van der Waals surface area contributed by atoms with Crippen molar-refractivity contribution in [3.8, 4) is 0 Å². The molecular formula is C14H19F2NO2S. The standard InChI is InChI=1S/C14H19F2NO2S/c1-9(2)20(18,19)17-14-5-3-4-11(14)10-6-7-12(15)13(16)8-10/h6-9,11,14,17H,3-5H2,1-2H3/t11-,14-/m1/s1. The minimum Gasteiger partial charge on any atom is -0.212 e. The highest BCUT2D eigenvalue weighted by Gasteiger charge is 2.33. The van der Waals surface area contributed by atoms with Crippen LogP contribution in [0, 0.1) is 11.6 Å². The molecule has 1 aliphatic rings. The molecule has 6 heteroatoms. The molecule has 1 saturated carbocycles. The first-order valence-electron chi connectivity index (χ1n) is 6.77. The molecule has 1 aliphatic carbocycles. The fourth-order valence-electron chi connectivity index (χ4n) is 2.59. The van der Waals surface area contributed by atoms with E-state index in [1.54, 1.807) is 13.8 Å². The number of hydrogen-bond donors (Lipinski definition) is 1. The van der Waals surface area contributed by atoms with Crippen LogP contribution in [-0.2, 0) is 10.0 Å². The Balaban J connectivity index is 2.21. The van der Waals surface area contributed by atoms with Gasteiger partial charge in [-0.3, -0.25) is 0 Å². The van der Waals surface area contributed by atoms with Crippen molar-refractivity contribution in [1.29, 1.82) is 0 Å². The molecule has 0 radical (unpaired) electrons. The van der Waals surface area contributed by atoms with Gasteiger partial charge in [0, 0.05) is 12.0 Å². The zero-order valence-electron chi connectivity index (χ0n) is 11.6. The highest BCUT2D eigenvalue weighted by atomic mass is 32.2. The molecule has 112 valence electrons. The van der Waals surface area contributed by atoms with Crippen LogP contribution < -0.4 is 4.72 Å². The van der Waals surface area contributed by atoms with Crippen molar-refractivity contribution in [1.82, 2.24) is 4.72 Å².